The van der Waals surface area contributed by atoms with Gasteiger partial charge in [-0.05, 0) is 37.6 Å². The third-order valence-corrected chi connectivity index (χ3v) is 3.22. The van der Waals surface area contributed by atoms with Gasteiger partial charge in [-0.1, -0.05) is 17.7 Å². The van der Waals surface area contributed by atoms with Crippen molar-refractivity contribution in [1.29, 1.82) is 0 Å². The predicted molar refractivity (Wildman–Crippen MR) is 87.8 cm³/mol. The van der Waals surface area contributed by atoms with E-state index in [0.717, 1.165) is 6.42 Å². The second kappa shape index (κ2) is 9.17. The van der Waals surface area contributed by atoms with Crippen LogP contribution in [0.15, 0.2) is 36.5 Å². The first-order valence-corrected chi connectivity index (χ1v) is 7.84. The second-order valence-corrected chi connectivity index (χ2v) is 5.21. The molecular weight excluding hydrogens is 318 g/mol. The minimum absolute atomic E-state index is 0.206. The van der Waals surface area contributed by atoms with Gasteiger partial charge in [-0.2, -0.15) is 5.10 Å². The smallest absolute Gasteiger partial charge is 0.271 e. The number of hydrogen-bond acceptors (Lipinski definition) is 4. The Morgan fingerprint density at radius 3 is 3.04 bits per heavy atom. The number of ether oxygens (including phenoxy) is 2. The molecule has 1 aromatic carbocycles. The van der Waals surface area contributed by atoms with Gasteiger partial charge in [0.25, 0.3) is 5.91 Å². The van der Waals surface area contributed by atoms with E-state index in [1.54, 1.807) is 35.1 Å². The van der Waals surface area contributed by atoms with Crippen molar-refractivity contribution < 1.29 is 14.3 Å². The summed E-state index contributed by atoms with van der Waals surface area (Å²) in [6, 6.07) is 8.76. The van der Waals surface area contributed by atoms with Crippen LogP contribution in [0.2, 0.25) is 5.02 Å². The Hall–Kier alpha value is -2.05. The van der Waals surface area contributed by atoms with Gasteiger partial charge >= 0.3 is 0 Å². The van der Waals surface area contributed by atoms with Gasteiger partial charge in [0.1, 0.15) is 11.4 Å². The fourth-order valence-electron chi connectivity index (χ4n) is 1.86. The molecule has 0 spiro atoms. The van der Waals surface area contributed by atoms with Gasteiger partial charge in [0.2, 0.25) is 0 Å². The van der Waals surface area contributed by atoms with Gasteiger partial charge < -0.3 is 14.8 Å². The molecule has 0 bridgehead atoms. The number of nitrogens with one attached hydrogen (secondary N) is 1. The zero-order valence-corrected chi connectivity index (χ0v) is 13.8. The Kier molecular flexibility index (Phi) is 6.90. The van der Waals surface area contributed by atoms with Crippen LogP contribution in [0.4, 0.5) is 0 Å². The highest BCUT2D eigenvalue weighted by Gasteiger charge is 2.08. The van der Waals surface area contributed by atoms with Gasteiger partial charge in [0.05, 0.1) is 0 Å². The van der Waals surface area contributed by atoms with Crippen molar-refractivity contribution in [3.63, 3.8) is 0 Å². The van der Waals surface area contributed by atoms with Gasteiger partial charge in [-0.25, -0.2) is 4.68 Å². The fourth-order valence-corrected chi connectivity index (χ4v) is 2.04. The van der Waals surface area contributed by atoms with Crippen molar-refractivity contribution in [2.24, 2.45) is 0 Å². The molecule has 0 saturated carbocycles. The predicted octanol–water partition coefficient (Wildman–Crippen LogP) is 2.73. The van der Waals surface area contributed by atoms with Crippen molar-refractivity contribution in [3.05, 3.63) is 47.2 Å². The quantitative estimate of drug-likeness (QED) is 0.714. The molecule has 0 aliphatic carbocycles. The summed E-state index contributed by atoms with van der Waals surface area (Å²) in [6.07, 6.45) is 2.47. The van der Waals surface area contributed by atoms with Crippen LogP contribution in [0.1, 0.15) is 23.8 Å². The average molecular weight is 338 g/mol. The van der Waals surface area contributed by atoms with E-state index in [1.165, 1.54) is 0 Å². The molecule has 124 valence electrons. The molecular formula is C16H20ClN3O3. The van der Waals surface area contributed by atoms with Crippen LogP contribution in [-0.2, 0) is 11.5 Å². The van der Waals surface area contributed by atoms with E-state index in [2.05, 4.69) is 10.4 Å². The molecule has 1 amide bonds. The van der Waals surface area contributed by atoms with E-state index < -0.39 is 0 Å². The minimum atomic E-state index is -0.206. The molecule has 0 fully saturated rings. The molecule has 1 heterocycles. The van der Waals surface area contributed by atoms with Crippen LogP contribution in [0.5, 0.6) is 5.75 Å². The summed E-state index contributed by atoms with van der Waals surface area (Å²) in [5.74, 6) is 0.443. The lowest BCUT2D eigenvalue weighted by Gasteiger charge is -2.06. The largest absolute Gasteiger partial charge is 0.471 e. The Labute approximate surface area is 140 Å². The molecule has 0 unspecified atom stereocenters. The van der Waals surface area contributed by atoms with Gasteiger partial charge in [-0.3, -0.25) is 4.79 Å². The molecule has 1 aromatic heterocycles. The first kappa shape index (κ1) is 17.3. The van der Waals surface area contributed by atoms with E-state index >= 15 is 0 Å². The molecule has 0 atom stereocenters. The standard InChI is InChI=1S/C16H20ClN3O3/c1-2-22-10-4-8-18-16(21)15-7-9-20(19-15)12-23-14-6-3-5-13(17)11-14/h3,5-7,9,11H,2,4,8,10,12H2,1H3,(H,18,21). The van der Waals surface area contributed by atoms with E-state index in [9.17, 15) is 4.79 Å². The first-order chi connectivity index (χ1) is 11.2. The van der Waals surface area contributed by atoms with E-state index in [0.29, 0.717) is 36.2 Å². The number of benzene rings is 1. The van der Waals surface area contributed by atoms with Gasteiger partial charge in [-0.15, -0.1) is 0 Å². The third-order valence-electron chi connectivity index (χ3n) is 2.99. The second-order valence-electron chi connectivity index (χ2n) is 4.78. The normalized spacial score (nSPS) is 10.5. The zero-order chi connectivity index (χ0) is 16.5. The Bertz CT molecular complexity index is 631. The molecule has 23 heavy (non-hydrogen) atoms. The lowest BCUT2D eigenvalue weighted by atomic mass is 10.3. The zero-order valence-electron chi connectivity index (χ0n) is 13.0. The number of hydrogen-bond donors (Lipinski definition) is 1. The molecule has 0 radical (unpaired) electrons. The van der Waals surface area contributed by atoms with Crippen LogP contribution in [0.3, 0.4) is 0 Å². The Morgan fingerprint density at radius 2 is 2.26 bits per heavy atom. The highest BCUT2D eigenvalue weighted by molar-refractivity contribution is 6.30. The number of aromatic nitrogens is 2. The van der Waals surface area contributed by atoms with Crippen molar-refractivity contribution in [2.75, 3.05) is 19.8 Å². The van der Waals surface area contributed by atoms with Crippen molar-refractivity contribution >= 4 is 17.5 Å². The maximum Gasteiger partial charge on any atom is 0.271 e. The third kappa shape index (κ3) is 5.92. The highest BCUT2D eigenvalue weighted by Crippen LogP contribution is 2.17. The summed E-state index contributed by atoms with van der Waals surface area (Å²) >= 11 is 5.89. The molecule has 2 rings (SSSR count). The van der Waals surface area contributed by atoms with Crippen molar-refractivity contribution in [1.82, 2.24) is 15.1 Å². The first-order valence-electron chi connectivity index (χ1n) is 7.47. The number of rotatable bonds is 9. The number of carbonyl (C=O) groups is 1. The van der Waals surface area contributed by atoms with Crippen molar-refractivity contribution in [2.45, 2.75) is 20.1 Å². The number of halogens is 1. The SMILES string of the molecule is CCOCCCNC(=O)c1ccn(COc2cccc(Cl)c2)n1. The molecule has 6 nitrogen and oxygen atoms in total. The Balaban J connectivity index is 1.77. The van der Waals surface area contributed by atoms with E-state index in [1.807, 2.05) is 13.0 Å². The van der Waals surface area contributed by atoms with Gasteiger partial charge in [0.15, 0.2) is 6.73 Å². The molecule has 0 aliphatic rings. The van der Waals surface area contributed by atoms with E-state index in [-0.39, 0.29) is 12.6 Å². The lowest BCUT2D eigenvalue weighted by molar-refractivity contribution is 0.0937. The fraction of sp³-hybridized carbons (Fsp3) is 0.375. The summed E-state index contributed by atoms with van der Waals surface area (Å²) in [6.45, 7) is 4.03. The number of amides is 1. The topological polar surface area (TPSA) is 65.4 Å². The summed E-state index contributed by atoms with van der Waals surface area (Å²) in [5, 5.41) is 7.58. The average Bonchev–Trinajstić information content (AvgIpc) is 3.02. The maximum atomic E-state index is 11.9. The summed E-state index contributed by atoms with van der Waals surface area (Å²) in [4.78, 5) is 11.9. The highest BCUT2D eigenvalue weighted by atomic mass is 35.5. The Morgan fingerprint density at radius 1 is 1.39 bits per heavy atom. The van der Waals surface area contributed by atoms with Crippen LogP contribution in [0.25, 0.3) is 0 Å². The molecule has 0 aliphatic heterocycles. The molecule has 7 heteroatoms. The number of nitrogens with zero attached hydrogens (tertiary/aromatic N) is 2. The summed E-state index contributed by atoms with van der Waals surface area (Å²) in [7, 11) is 0. The summed E-state index contributed by atoms with van der Waals surface area (Å²) < 4.78 is 12.3. The lowest BCUT2D eigenvalue weighted by Crippen LogP contribution is -2.26. The van der Waals surface area contributed by atoms with E-state index in [4.69, 9.17) is 21.1 Å². The van der Waals surface area contributed by atoms with Crippen LogP contribution in [-0.4, -0.2) is 35.4 Å². The minimum Gasteiger partial charge on any atom is -0.471 e. The maximum absolute atomic E-state index is 11.9. The molecule has 1 N–H and O–H groups in total. The van der Waals surface area contributed by atoms with Gasteiger partial charge in [0, 0.05) is 31.0 Å². The molecule has 2 aromatic rings. The molecule has 0 saturated heterocycles. The van der Waals surface area contributed by atoms with Crippen LogP contribution in [0, 0.1) is 0 Å². The van der Waals surface area contributed by atoms with Crippen molar-refractivity contribution in [3.8, 4) is 5.75 Å². The van der Waals surface area contributed by atoms with Crippen LogP contribution < -0.4 is 10.1 Å². The summed E-state index contributed by atoms with van der Waals surface area (Å²) in [5.41, 5.74) is 0.358. The van der Waals surface area contributed by atoms with Crippen LogP contribution >= 0.6 is 11.6 Å². The number of carbonyl (C=O) groups excluding carboxylic acids is 1. The monoisotopic (exact) mass is 337 g/mol.